The van der Waals surface area contributed by atoms with Gasteiger partial charge in [-0.15, -0.1) is 10.2 Å². The van der Waals surface area contributed by atoms with Gasteiger partial charge in [-0.1, -0.05) is 24.3 Å². The summed E-state index contributed by atoms with van der Waals surface area (Å²) >= 11 is 0. The van der Waals surface area contributed by atoms with Gasteiger partial charge in [0.15, 0.2) is 0 Å². The predicted octanol–water partition coefficient (Wildman–Crippen LogP) is 1.31. The Morgan fingerprint density at radius 2 is 1.75 bits per heavy atom. The number of amides is 1. The van der Waals surface area contributed by atoms with Crippen LogP contribution in [0.15, 0.2) is 24.3 Å². The number of nitrogens with one attached hydrogen (secondary N) is 1. The quantitative estimate of drug-likeness (QED) is 0.845. The van der Waals surface area contributed by atoms with Crippen LogP contribution in [0, 0.1) is 0 Å². The van der Waals surface area contributed by atoms with Crippen LogP contribution in [0.1, 0.15) is 51.5 Å². The minimum absolute atomic E-state index is 0.0765. The maximum absolute atomic E-state index is 12.7. The SMILES string of the molecule is C[C@@H]1CCC[C@@H](C)N1C(=O)Cn1nnc(-c2ccc(C[NH+]3CCCC3)cc2)n1. The van der Waals surface area contributed by atoms with Crippen molar-refractivity contribution in [2.45, 2.75) is 71.1 Å². The van der Waals surface area contributed by atoms with E-state index in [4.69, 9.17) is 0 Å². The molecule has 0 aliphatic carbocycles. The monoisotopic (exact) mass is 383 g/mol. The van der Waals surface area contributed by atoms with E-state index in [0.717, 1.165) is 24.9 Å². The lowest BCUT2D eigenvalue weighted by Gasteiger charge is -2.38. The molecular formula is C21H31N6O+. The Bertz CT molecular complexity index is 785. The van der Waals surface area contributed by atoms with Gasteiger partial charge < -0.3 is 9.80 Å². The van der Waals surface area contributed by atoms with Crippen LogP contribution >= 0.6 is 0 Å². The number of hydrogen-bond donors (Lipinski definition) is 1. The molecule has 0 radical (unpaired) electrons. The number of hydrogen-bond acceptors (Lipinski definition) is 4. The van der Waals surface area contributed by atoms with Crippen molar-refractivity contribution >= 4 is 5.91 Å². The number of tetrazole rings is 1. The highest BCUT2D eigenvalue weighted by Gasteiger charge is 2.29. The first-order chi connectivity index (χ1) is 13.6. The van der Waals surface area contributed by atoms with Gasteiger partial charge in [-0.05, 0) is 38.3 Å². The average Bonchev–Trinajstić information content (AvgIpc) is 3.34. The summed E-state index contributed by atoms with van der Waals surface area (Å²) in [5.41, 5.74) is 2.29. The van der Waals surface area contributed by atoms with E-state index >= 15 is 0 Å². The molecule has 2 atom stereocenters. The van der Waals surface area contributed by atoms with Crippen molar-refractivity contribution in [3.8, 4) is 11.4 Å². The topological polar surface area (TPSA) is 68.3 Å². The van der Waals surface area contributed by atoms with Gasteiger partial charge in [0.1, 0.15) is 13.1 Å². The van der Waals surface area contributed by atoms with E-state index in [1.807, 2.05) is 4.90 Å². The minimum Gasteiger partial charge on any atom is -0.336 e. The first-order valence-corrected chi connectivity index (χ1v) is 10.6. The lowest BCUT2D eigenvalue weighted by atomic mass is 9.97. The highest BCUT2D eigenvalue weighted by molar-refractivity contribution is 5.76. The number of aromatic nitrogens is 4. The van der Waals surface area contributed by atoms with E-state index in [1.165, 1.54) is 42.7 Å². The molecule has 28 heavy (non-hydrogen) atoms. The van der Waals surface area contributed by atoms with Crippen molar-refractivity contribution in [1.29, 1.82) is 0 Å². The second-order valence-corrected chi connectivity index (χ2v) is 8.40. The Morgan fingerprint density at radius 3 is 2.43 bits per heavy atom. The van der Waals surface area contributed by atoms with Crippen molar-refractivity contribution in [3.63, 3.8) is 0 Å². The number of benzene rings is 1. The van der Waals surface area contributed by atoms with E-state index in [1.54, 1.807) is 4.90 Å². The molecule has 4 rings (SSSR count). The molecule has 2 aliphatic rings. The zero-order valence-electron chi connectivity index (χ0n) is 17.0. The molecule has 2 aliphatic heterocycles. The fraction of sp³-hybridized carbons (Fsp3) is 0.619. The van der Waals surface area contributed by atoms with Crippen LogP contribution in [0.4, 0.5) is 0 Å². The van der Waals surface area contributed by atoms with Crippen LogP contribution in [0.5, 0.6) is 0 Å². The van der Waals surface area contributed by atoms with Crippen LogP contribution in [0.2, 0.25) is 0 Å². The zero-order chi connectivity index (χ0) is 19.5. The Balaban J connectivity index is 1.39. The predicted molar refractivity (Wildman–Crippen MR) is 107 cm³/mol. The fourth-order valence-electron chi connectivity index (χ4n) is 4.65. The minimum atomic E-state index is 0.0765. The molecule has 0 bridgehead atoms. The number of likely N-dealkylation sites (tertiary alicyclic amines) is 2. The summed E-state index contributed by atoms with van der Waals surface area (Å²) in [6.07, 6.45) is 6.00. The number of carbonyl (C=O) groups excluding carboxylic acids is 1. The summed E-state index contributed by atoms with van der Waals surface area (Å²) in [5, 5.41) is 12.7. The summed E-state index contributed by atoms with van der Waals surface area (Å²) in [7, 11) is 0. The van der Waals surface area contributed by atoms with Crippen molar-refractivity contribution in [3.05, 3.63) is 29.8 Å². The van der Waals surface area contributed by atoms with E-state index in [0.29, 0.717) is 5.82 Å². The number of quaternary nitrogens is 1. The van der Waals surface area contributed by atoms with Crippen LogP contribution in [-0.2, 0) is 17.9 Å². The van der Waals surface area contributed by atoms with E-state index in [2.05, 4.69) is 53.5 Å². The normalized spacial score (nSPS) is 23.3. The standard InChI is InChI=1S/C21H30N6O/c1-16-6-5-7-17(2)27(16)20(28)15-26-23-21(22-24-26)19-10-8-18(9-11-19)14-25-12-3-4-13-25/h8-11,16-17H,3-7,12-15H2,1-2H3/p+1/t16-,17-/m1/s1. The van der Waals surface area contributed by atoms with Gasteiger partial charge in [-0.3, -0.25) is 4.79 Å². The van der Waals surface area contributed by atoms with Gasteiger partial charge in [0.05, 0.1) is 13.1 Å². The summed E-state index contributed by atoms with van der Waals surface area (Å²) < 4.78 is 0. The van der Waals surface area contributed by atoms with Crippen molar-refractivity contribution in [2.75, 3.05) is 13.1 Å². The molecule has 1 aromatic carbocycles. The second-order valence-electron chi connectivity index (χ2n) is 8.40. The molecule has 7 heteroatoms. The Hall–Kier alpha value is -2.28. The smallest absolute Gasteiger partial charge is 0.246 e. The molecule has 1 aromatic heterocycles. The first-order valence-electron chi connectivity index (χ1n) is 10.6. The molecule has 150 valence electrons. The molecular weight excluding hydrogens is 352 g/mol. The molecule has 2 saturated heterocycles. The van der Waals surface area contributed by atoms with E-state index < -0.39 is 0 Å². The van der Waals surface area contributed by atoms with Gasteiger partial charge in [0.2, 0.25) is 11.7 Å². The third-order valence-electron chi connectivity index (χ3n) is 6.19. The molecule has 1 amide bonds. The third-order valence-corrected chi connectivity index (χ3v) is 6.19. The number of carbonyl (C=O) groups is 1. The molecule has 3 heterocycles. The van der Waals surface area contributed by atoms with Crippen LogP contribution in [-0.4, -0.2) is 56.2 Å². The molecule has 0 unspecified atom stereocenters. The summed E-state index contributed by atoms with van der Waals surface area (Å²) in [6.45, 7) is 8.04. The number of piperidine rings is 1. The van der Waals surface area contributed by atoms with Crippen molar-refractivity contribution < 1.29 is 9.69 Å². The Morgan fingerprint density at radius 1 is 1.07 bits per heavy atom. The maximum Gasteiger partial charge on any atom is 0.246 e. The Kier molecular flexibility index (Phi) is 5.71. The number of nitrogens with zero attached hydrogens (tertiary/aromatic N) is 5. The number of rotatable bonds is 5. The molecule has 7 nitrogen and oxygen atoms in total. The summed E-state index contributed by atoms with van der Waals surface area (Å²) in [5.74, 6) is 0.653. The van der Waals surface area contributed by atoms with Gasteiger partial charge in [-0.25, -0.2) is 0 Å². The zero-order valence-corrected chi connectivity index (χ0v) is 17.0. The first kappa shape index (κ1) is 19.1. The highest BCUT2D eigenvalue weighted by atomic mass is 16.2. The Labute approximate surface area is 166 Å². The fourth-order valence-corrected chi connectivity index (χ4v) is 4.65. The maximum atomic E-state index is 12.7. The lowest BCUT2D eigenvalue weighted by molar-refractivity contribution is -0.901. The van der Waals surface area contributed by atoms with Gasteiger partial charge >= 0.3 is 0 Å². The van der Waals surface area contributed by atoms with Gasteiger partial charge in [-0.2, -0.15) is 4.80 Å². The van der Waals surface area contributed by atoms with E-state index in [9.17, 15) is 4.79 Å². The van der Waals surface area contributed by atoms with Gasteiger partial charge in [0.25, 0.3) is 0 Å². The third kappa shape index (κ3) is 4.24. The van der Waals surface area contributed by atoms with Crippen molar-refractivity contribution in [2.24, 2.45) is 0 Å². The molecule has 2 aromatic rings. The van der Waals surface area contributed by atoms with Gasteiger partial charge in [0, 0.05) is 36.1 Å². The van der Waals surface area contributed by atoms with Crippen LogP contribution < -0.4 is 4.90 Å². The lowest BCUT2D eigenvalue weighted by Crippen LogP contribution is -3.08. The highest BCUT2D eigenvalue weighted by Crippen LogP contribution is 2.23. The van der Waals surface area contributed by atoms with Crippen molar-refractivity contribution in [1.82, 2.24) is 25.1 Å². The molecule has 1 N–H and O–H groups in total. The van der Waals surface area contributed by atoms with Crippen LogP contribution in [0.3, 0.4) is 0 Å². The second kappa shape index (κ2) is 8.39. The largest absolute Gasteiger partial charge is 0.336 e. The molecule has 0 saturated carbocycles. The molecule has 0 spiro atoms. The van der Waals surface area contributed by atoms with E-state index in [-0.39, 0.29) is 24.5 Å². The van der Waals surface area contributed by atoms with Crippen LogP contribution in [0.25, 0.3) is 11.4 Å². The summed E-state index contributed by atoms with van der Waals surface area (Å²) in [4.78, 5) is 17.8. The average molecular weight is 384 g/mol. The molecule has 2 fully saturated rings. The summed E-state index contributed by atoms with van der Waals surface area (Å²) in [6, 6.07) is 8.99.